The molecule has 10 heteroatoms. The molecule has 0 bridgehead atoms. The monoisotopic (exact) mass is 457 g/mol. The van der Waals surface area contributed by atoms with E-state index in [0.29, 0.717) is 5.56 Å². The van der Waals surface area contributed by atoms with Crippen molar-refractivity contribution in [2.45, 2.75) is 64.0 Å². The summed E-state index contributed by atoms with van der Waals surface area (Å²) in [5, 5.41) is 3.53. The topological polar surface area (TPSA) is 111 Å². The van der Waals surface area contributed by atoms with Crippen molar-refractivity contribution in [3.05, 3.63) is 29.8 Å². The van der Waals surface area contributed by atoms with Crippen LogP contribution >= 0.6 is 0 Å². The molecule has 1 saturated heterocycles. The molecule has 1 spiro atoms. The lowest BCUT2D eigenvalue weighted by atomic mass is 9.73. The fraction of sp³-hybridized carbons (Fsp3) is 0.565. The zero-order valence-electron chi connectivity index (χ0n) is 19.5. The van der Waals surface area contributed by atoms with E-state index in [9.17, 15) is 19.2 Å². The maximum absolute atomic E-state index is 13.3. The van der Waals surface area contributed by atoms with E-state index in [2.05, 4.69) is 10.1 Å². The van der Waals surface area contributed by atoms with E-state index in [0.717, 1.165) is 29.8 Å². The standard InChI is InChI=1S/C23H30BN2O7/c1-14(2)19(25-22(30)31-4)20(28)26-17(12-23(33-26)10-5-11-23)21(29)32-13-18(27)15-6-8-16(24-3)9-7-15/h6-9,14,17,19H,5,10-13H2,1-4H3,(H,25,30)/t17-,19-/m0/s1. The van der Waals surface area contributed by atoms with Crippen LogP contribution in [-0.4, -0.2) is 67.5 Å². The fourth-order valence-electron chi connectivity index (χ4n) is 4.00. The Bertz CT molecular complexity index is 899. The highest BCUT2D eigenvalue weighted by Gasteiger charge is 2.55. The summed E-state index contributed by atoms with van der Waals surface area (Å²) in [5.41, 5.74) is 0.816. The minimum Gasteiger partial charge on any atom is -0.456 e. The van der Waals surface area contributed by atoms with Gasteiger partial charge in [0.25, 0.3) is 5.91 Å². The van der Waals surface area contributed by atoms with E-state index in [-0.39, 0.29) is 18.1 Å². The van der Waals surface area contributed by atoms with Gasteiger partial charge in [0.1, 0.15) is 13.3 Å². The molecule has 1 aliphatic heterocycles. The Kier molecular flexibility index (Phi) is 7.78. The molecule has 3 rings (SSSR count). The summed E-state index contributed by atoms with van der Waals surface area (Å²) in [5.74, 6) is -1.88. The van der Waals surface area contributed by atoms with Gasteiger partial charge in [-0.1, -0.05) is 50.4 Å². The molecular weight excluding hydrogens is 427 g/mol. The second kappa shape index (κ2) is 10.4. The number of alkyl carbamates (subject to hydrolysis) is 1. The average Bonchev–Trinajstić information content (AvgIpc) is 3.22. The summed E-state index contributed by atoms with van der Waals surface area (Å²) in [6, 6.07) is 5.02. The van der Waals surface area contributed by atoms with Crippen molar-refractivity contribution in [2.24, 2.45) is 5.92 Å². The van der Waals surface area contributed by atoms with E-state index in [1.54, 1.807) is 38.1 Å². The number of ether oxygens (including phenoxy) is 2. The van der Waals surface area contributed by atoms with E-state index in [1.807, 2.05) is 14.1 Å². The molecule has 2 atom stereocenters. The zero-order valence-corrected chi connectivity index (χ0v) is 19.5. The zero-order chi connectivity index (χ0) is 24.2. The van der Waals surface area contributed by atoms with Crippen LogP contribution in [0.1, 0.15) is 49.9 Å². The number of rotatable bonds is 8. The molecule has 2 aliphatic rings. The molecule has 1 radical (unpaired) electrons. The number of nitrogens with one attached hydrogen (secondary N) is 1. The third kappa shape index (κ3) is 5.55. The number of nitrogens with zero attached hydrogens (tertiary/aromatic N) is 1. The van der Waals surface area contributed by atoms with Crippen LogP contribution in [-0.2, 0) is 23.9 Å². The highest BCUT2D eigenvalue weighted by atomic mass is 16.7. The van der Waals surface area contributed by atoms with Crippen LogP contribution in [0, 0.1) is 5.92 Å². The van der Waals surface area contributed by atoms with Crippen LogP contribution in [0.15, 0.2) is 24.3 Å². The van der Waals surface area contributed by atoms with Crippen molar-refractivity contribution < 1.29 is 33.5 Å². The second-order valence-electron chi connectivity index (χ2n) is 8.81. The predicted octanol–water partition coefficient (Wildman–Crippen LogP) is 1.63. The molecule has 1 heterocycles. The minimum atomic E-state index is -0.997. The Balaban J connectivity index is 1.70. The van der Waals surface area contributed by atoms with Gasteiger partial charge >= 0.3 is 12.1 Å². The number of amides is 2. The second-order valence-corrected chi connectivity index (χ2v) is 8.81. The Morgan fingerprint density at radius 3 is 2.39 bits per heavy atom. The van der Waals surface area contributed by atoms with Gasteiger partial charge in [0.2, 0.25) is 0 Å². The number of hydroxylamine groups is 2. The van der Waals surface area contributed by atoms with E-state index < -0.39 is 42.3 Å². The summed E-state index contributed by atoms with van der Waals surface area (Å²) in [4.78, 5) is 56.3. The lowest BCUT2D eigenvalue weighted by Gasteiger charge is -2.37. The molecule has 2 amide bonds. The van der Waals surface area contributed by atoms with Crippen molar-refractivity contribution in [1.82, 2.24) is 10.4 Å². The number of carbonyl (C=O) groups excluding carboxylic acids is 4. The van der Waals surface area contributed by atoms with Crippen LogP contribution in [0.2, 0.25) is 6.82 Å². The van der Waals surface area contributed by atoms with Gasteiger partial charge in [-0.15, -0.1) is 0 Å². The van der Waals surface area contributed by atoms with Crippen LogP contribution in [0.5, 0.6) is 0 Å². The molecule has 0 aromatic heterocycles. The normalized spacial score (nSPS) is 19.5. The smallest absolute Gasteiger partial charge is 0.407 e. The summed E-state index contributed by atoms with van der Waals surface area (Å²) >= 11 is 0. The number of carbonyl (C=O) groups is 4. The van der Waals surface area contributed by atoms with Gasteiger partial charge in [0, 0.05) is 12.0 Å². The number of benzene rings is 1. The number of hydrogen-bond donors (Lipinski definition) is 1. The summed E-state index contributed by atoms with van der Waals surface area (Å²) in [6.45, 7) is 4.99. The number of methoxy groups -OCH3 is 1. The van der Waals surface area contributed by atoms with Crippen molar-refractivity contribution in [2.75, 3.05) is 13.7 Å². The lowest BCUT2D eigenvalue weighted by molar-refractivity contribution is -0.230. The number of Topliss-reactive ketones (excluding diaryl/α,β-unsaturated/α-hetero) is 1. The number of hydrogen-bond acceptors (Lipinski definition) is 7. The Morgan fingerprint density at radius 1 is 1.21 bits per heavy atom. The molecule has 33 heavy (non-hydrogen) atoms. The van der Waals surface area contributed by atoms with Crippen LogP contribution in [0.3, 0.4) is 0 Å². The van der Waals surface area contributed by atoms with Crippen molar-refractivity contribution in [3.63, 3.8) is 0 Å². The summed E-state index contributed by atoms with van der Waals surface area (Å²) in [7, 11) is 3.12. The molecule has 1 aliphatic carbocycles. The van der Waals surface area contributed by atoms with Crippen molar-refractivity contribution in [3.8, 4) is 0 Å². The minimum absolute atomic E-state index is 0.278. The lowest BCUT2D eigenvalue weighted by Crippen LogP contribution is -2.54. The third-order valence-electron chi connectivity index (χ3n) is 6.20. The molecule has 1 aromatic carbocycles. The van der Waals surface area contributed by atoms with Gasteiger partial charge in [-0.05, 0) is 25.2 Å². The first-order chi connectivity index (χ1) is 15.7. The number of esters is 1. The Hall–Kier alpha value is -2.88. The van der Waals surface area contributed by atoms with Gasteiger partial charge in [-0.2, -0.15) is 0 Å². The largest absolute Gasteiger partial charge is 0.456 e. The van der Waals surface area contributed by atoms with E-state index in [1.165, 1.54) is 7.11 Å². The molecule has 1 N–H and O–H groups in total. The highest BCUT2D eigenvalue weighted by Crippen LogP contribution is 2.46. The van der Waals surface area contributed by atoms with Crippen LogP contribution < -0.4 is 10.8 Å². The first-order valence-electron chi connectivity index (χ1n) is 11.2. The first kappa shape index (κ1) is 24.8. The predicted molar refractivity (Wildman–Crippen MR) is 120 cm³/mol. The SMILES string of the molecule is C[B]c1ccc(C(=O)COC(=O)[C@@H]2CC3(CCC3)ON2C(=O)[C@@H](NC(=O)OC)C(C)C)cc1. The maximum atomic E-state index is 13.3. The van der Waals surface area contributed by atoms with Gasteiger partial charge in [0.15, 0.2) is 18.4 Å². The highest BCUT2D eigenvalue weighted by molar-refractivity contribution is 6.51. The molecular formula is C23H30BN2O7. The maximum Gasteiger partial charge on any atom is 0.407 e. The van der Waals surface area contributed by atoms with E-state index >= 15 is 0 Å². The van der Waals surface area contributed by atoms with Crippen molar-refractivity contribution >= 4 is 36.5 Å². The summed E-state index contributed by atoms with van der Waals surface area (Å²) < 4.78 is 9.92. The van der Waals surface area contributed by atoms with Crippen LogP contribution in [0.4, 0.5) is 4.79 Å². The van der Waals surface area contributed by atoms with Gasteiger partial charge < -0.3 is 14.8 Å². The van der Waals surface area contributed by atoms with Gasteiger partial charge in [0.05, 0.1) is 12.7 Å². The fourth-order valence-corrected chi connectivity index (χ4v) is 4.00. The molecule has 0 unspecified atom stereocenters. The van der Waals surface area contributed by atoms with E-state index in [4.69, 9.17) is 9.57 Å². The Labute approximate surface area is 194 Å². The van der Waals surface area contributed by atoms with Crippen LogP contribution in [0.25, 0.3) is 0 Å². The molecule has 1 aromatic rings. The first-order valence-corrected chi connectivity index (χ1v) is 11.2. The van der Waals surface area contributed by atoms with Gasteiger partial charge in [-0.25, -0.2) is 14.7 Å². The molecule has 9 nitrogen and oxygen atoms in total. The quantitative estimate of drug-likeness (QED) is 0.359. The average molecular weight is 457 g/mol. The molecule has 177 valence electrons. The molecule has 1 saturated carbocycles. The number of ketones is 1. The van der Waals surface area contributed by atoms with Gasteiger partial charge in [-0.3, -0.25) is 14.4 Å². The third-order valence-corrected chi connectivity index (χ3v) is 6.20. The summed E-state index contributed by atoms with van der Waals surface area (Å²) in [6.07, 6.45) is 1.90. The van der Waals surface area contributed by atoms with Crippen molar-refractivity contribution in [1.29, 1.82) is 0 Å². The Morgan fingerprint density at radius 2 is 1.88 bits per heavy atom. The molecule has 2 fully saturated rings.